The Hall–Kier alpha value is -1.10. The molecule has 1 heterocycles. The Bertz CT molecular complexity index is 296. The molecule has 15 heavy (non-hydrogen) atoms. The lowest BCUT2D eigenvalue weighted by Gasteiger charge is -2.26. The first kappa shape index (κ1) is 12.0. The molecular formula is C10H17NO4. The molecule has 5 heteroatoms. The van der Waals surface area contributed by atoms with Crippen LogP contribution in [0.3, 0.4) is 0 Å². The predicted octanol–water partition coefficient (Wildman–Crippen LogP) is 0.0805. The van der Waals surface area contributed by atoms with Gasteiger partial charge in [0.1, 0.15) is 5.41 Å². The summed E-state index contributed by atoms with van der Waals surface area (Å²) in [6.45, 7) is 5.04. The van der Waals surface area contributed by atoms with Gasteiger partial charge >= 0.3 is 5.97 Å². The summed E-state index contributed by atoms with van der Waals surface area (Å²) in [5, 5.41) is 18.6. The molecule has 2 N–H and O–H groups in total. The summed E-state index contributed by atoms with van der Waals surface area (Å²) >= 11 is 0. The number of carboxylic acids is 1. The lowest BCUT2D eigenvalue weighted by molar-refractivity contribution is -0.158. The van der Waals surface area contributed by atoms with Crippen LogP contribution in [0.1, 0.15) is 27.2 Å². The van der Waals surface area contributed by atoms with E-state index in [-0.39, 0.29) is 6.54 Å². The number of rotatable bonds is 2. The van der Waals surface area contributed by atoms with Crippen molar-refractivity contribution in [2.45, 2.75) is 32.8 Å². The molecule has 0 saturated carbocycles. The van der Waals surface area contributed by atoms with Crippen molar-refractivity contribution in [2.75, 3.05) is 13.1 Å². The second kappa shape index (κ2) is 3.48. The fourth-order valence-corrected chi connectivity index (χ4v) is 1.61. The molecule has 1 saturated heterocycles. The van der Waals surface area contributed by atoms with Crippen molar-refractivity contribution in [3.63, 3.8) is 0 Å². The van der Waals surface area contributed by atoms with Crippen molar-refractivity contribution in [3.05, 3.63) is 0 Å². The summed E-state index contributed by atoms with van der Waals surface area (Å²) < 4.78 is 0. The maximum atomic E-state index is 11.8. The second-order valence-corrected chi connectivity index (χ2v) is 4.90. The summed E-state index contributed by atoms with van der Waals surface area (Å²) in [5.74, 6) is -1.58. The summed E-state index contributed by atoms with van der Waals surface area (Å²) in [4.78, 5) is 24.1. The molecule has 0 aromatic rings. The van der Waals surface area contributed by atoms with E-state index in [1.807, 2.05) is 0 Å². The van der Waals surface area contributed by atoms with Crippen molar-refractivity contribution >= 4 is 11.9 Å². The van der Waals surface area contributed by atoms with Gasteiger partial charge in [0.25, 0.3) is 0 Å². The molecule has 1 aliphatic heterocycles. The van der Waals surface area contributed by atoms with E-state index in [2.05, 4.69) is 0 Å². The molecule has 1 fully saturated rings. The first-order chi connectivity index (χ1) is 6.67. The largest absolute Gasteiger partial charge is 0.480 e. The minimum Gasteiger partial charge on any atom is -0.480 e. The third kappa shape index (κ3) is 2.28. The van der Waals surface area contributed by atoms with E-state index in [1.165, 1.54) is 18.7 Å². The van der Waals surface area contributed by atoms with E-state index in [9.17, 15) is 14.7 Å². The molecule has 0 bridgehead atoms. The van der Waals surface area contributed by atoms with Gasteiger partial charge < -0.3 is 15.1 Å². The van der Waals surface area contributed by atoms with E-state index in [0.717, 1.165) is 0 Å². The third-order valence-corrected chi connectivity index (χ3v) is 2.81. The Kier molecular flexibility index (Phi) is 2.78. The lowest BCUT2D eigenvalue weighted by Crippen LogP contribution is -2.45. The molecule has 5 nitrogen and oxygen atoms in total. The van der Waals surface area contributed by atoms with Gasteiger partial charge in [0.05, 0.1) is 5.60 Å². The zero-order valence-corrected chi connectivity index (χ0v) is 9.28. The molecule has 0 aromatic carbocycles. The van der Waals surface area contributed by atoms with Gasteiger partial charge in [0, 0.05) is 13.1 Å². The Balaban J connectivity index is 2.75. The van der Waals surface area contributed by atoms with E-state index in [4.69, 9.17) is 5.11 Å². The summed E-state index contributed by atoms with van der Waals surface area (Å²) in [7, 11) is 0. The Morgan fingerprint density at radius 3 is 2.27 bits per heavy atom. The predicted molar refractivity (Wildman–Crippen MR) is 53.2 cm³/mol. The number of likely N-dealkylation sites (tertiary alicyclic amines) is 1. The van der Waals surface area contributed by atoms with Crippen molar-refractivity contribution in [2.24, 2.45) is 5.41 Å². The third-order valence-electron chi connectivity index (χ3n) is 2.81. The number of β-amino-alcohol motifs (C(OH)–C–C–N with tert-alkyl or cyclic N) is 1. The zero-order valence-electron chi connectivity index (χ0n) is 9.28. The molecule has 1 aliphatic rings. The first-order valence-electron chi connectivity index (χ1n) is 4.92. The molecule has 0 spiro atoms. The number of hydrogen-bond donors (Lipinski definition) is 2. The monoisotopic (exact) mass is 215 g/mol. The Morgan fingerprint density at radius 2 is 1.93 bits per heavy atom. The molecule has 0 aliphatic carbocycles. The van der Waals surface area contributed by atoms with Gasteiger partial charge in [0.15, 0.2) is 0 Å². The highest BCUT2D eigenvalue weighted by Gasteiger charge is 2.43. The van der Waals surface area contributed by atoms with Gasteiger partial charge in [-0.2, -0.15) is 0 Å². The van der Waals surface area contributed by atoms with Crippen LogP contribution in [0, 0.1) is 5.41 Å². The average molecular weight is 215 g/mol. The van der Waals surface area contributed by atoms with Crippen LogP contribution in [0.15, 0.2) is 0 Å². The molecular weight excluding hydrogens is 198 g/mol. The quantitative estimate of drug-likeness (QED) is 0.639. The van der Waals surface area contributed by atoms with Gasteiger partial charge in [-0.25, -0.2) is 0 Å². The van der Waals surface area contributed by atoms with E-state index in [0.29, 0.717) is 13.0 Å². The first-order valence-corrected chi connectivity index (χ1v) is 4.92. The fraction of sp³-hybridized carbons (Fsp3) is 0.800. The Labute approximate surface area is 88.7 Å². The normalized spacial score (nSPS) is 26.8. The van der Waals surface area contributed by atoms with Crippen molar-refractivity contribution in [1.82, 2.24) is 4.90 Å². The SMILES string of the molecule is CC1(O)CCN(C(=O)C(C)(C)C(=O)O)C1. The van der Waals surface area contributed by atoms with Gasteiger partial charge in [-0.1, -0.05) is 0 Å². The van der Waals surface area contributed by atoms with Crippen LogP contribution in [0.25, 0.3) is 0 Å². The van der Waals surface area contributed by atoms with Crippen LogP contribution in [0.4, 0.5) is 0 Å². The minimum atomic E-state index is -1.42. The van der Waals surface area contributed by atoms with E-state index in [1.54, 1.807) is 6.92 Å². The lowest BCUT2D eigenvalue weighted by atomic mass is 9.92. The molecule has 1 atom stereocenters. The van der Waals surface area contributed by atoms with Crippen LogP contribution in [-0.4, -0.2) is 45.7 Å². The summed E-state index contributed by atoms with van der Waals surface area (Å²) in [5.41, 5.74) is -2.30. The van der Waals surface area contributed by atoms with Crippen molar-refractivity contribution in [1.29, 1.82) is 0 Å². The van der Waals surface area contributed by atoms with E-state index >= 15 is 0 Å². The molecule has 86 valence electrons. The summed E-state index contributed by atoms with van der Waals surface area (Å²) in [6.07, 6.45) is 0.494. The average Bonchev–Trinajstić information content (AvgIpc) is 2.44. The maximum Gasteiger partial charge on any atom is 0.318 e. The number of carboxylic acid groups (broad SMARTS) is 1. The van der Waals surface area contributed by atoms with Crippen molar-refractivity contribution in [3.8, 4) is 0 Å². The highest BCUT2D eigenvalue weighted by molar-refractivity contribution is 6.01. The molecule has 0 aromatic heterocycles. The molecule has 1 amide bonds. The zero-order chi connectivity index (χ0) is 11.9. The number of carbonyl (C=O) groups excluding carboxylic acids is 1. The van der Waals surface area contributed by atoms with Crippen LogP contribution < -0.4 is 0 Å². The second-order valence-electron chi connectivity index (χ2n) is 4.90. The van der Waals surface area contributed by atoms with Crippen LogP contribution in [0.2, 0.25) is 0 Å². The van der Waals surface area contributed by atoms with Crippen LogP contribution in [0.5, 0.6) is 0 Å². The van der Waals surface area contributed by atoms with Gasteiger partial charge in [-0.05, 0) is 27.2 Å². The Morgan fingerprint density at radius 1 is 1.40 bits per heavy atom. The van der Waals surface area contributed by atoms with Gasteiger partial charge in [0.2, 0.25) is 5.91 Å². The van der Waals surface area contributed by atoms with Gasteiger partial charge in [-0.3, -0.25) is 9.59 Å². The number of nitrogens with zero attached hydrogens (tertiary/aromatic N) is 1. The maximum absolute atomic E-state index is 11.8. The minimum absolute atomic E-state index is 0.211. The number of aliphatic hydroxyl groups is 1. The standard InChI is InChI=1S/C10H17NO4/c1-9(2,8(13)14)7(12)11-5-4-10(3,15)6-11/h15H,4-6H2,1-3H3,(H,13,14). The molecule has 1 rings (SSSR count). The highest BCUT2D eigenvalue weighted by Crippen LogP contribution is 2.26. The van der Waals surface area contributed by atoms with E-state index < -0.39 is 22.9 Å². The number of aliphatic carboxylic acids is 1. The van der Waals surface area contributed by atoms with Crippen LogP contribution >= 0.6 is 0 Å². The molecule has 1 unspecified atom stereocenters. The topological polar surface area (TPSA) is 77.8 Å². The number of carbonyl (C=O) groups is 2. The smallest absolute Gasteiger partial charge is 0.318 e. The van der Waals surface area contributed by atoms with Gasteiger partial charge in [-0.15, -0.1) is 0 Å². The van der Waals surface area contributed by atoms with Crippen LogP contribution in [-0.2, 0) is 9.59 Å². The highest BCUT2D eigenvalue weighted by atomic mass is 16.4. The number of hydrogen-bond acceptors (Lipinski definition) is 3. The summed E-state index contributed by atoms with van der Waals surface area (Å²) in [6, 6.07) is 0. The fourth-order valence-electron chi connectivity index (χ4n) is 1.61. The molecule has 0 radical (unpaired) electrons. The van der Waals surface area contributed by atoms with Crippen molar-refractivity contribution < 1.29 is 19.8 Å². The number of amides is 1.